The van der Waals surface area contributed by atoms with Gasteiger partial charge in [-0.25, -0.2) is 8.42 Å². The number of carbonyl (C=O) groups excluding carboxylic acids is 1. The standard InChI is InChI=1S/C27H35ClN2O4S/c1-20(2)18-34-24-7-5-4-6-21(24)17-29-13-10-27(11-14-29)12-15-30(19-27)26(31)23-9-8-22(28)16-25(23)35(3,32)33/h4-9,16,20H,10-15,17-19H2,1-3H3. The number of amides is 1. The van der Waals surface area contributed by atoms with Crippen LogP contribution in [0.4, 0.5) is 0 Å². The number of likely N-dealkylation sites (tertiary alicyclic amines) is 2. The maximum absolute atomic E-state index is 13.3. The Hall–Kier alpha value is -2.09. The van der Waals surface area contributed by atoms with Crippen LogP contribution in [0.15, 0.2) is 47.4 Å². The van der Waals surface area contributed by atoms with Gasteiger partial charge in [-0.1, -0.05) is 43.6 Å². The zero-order chi connectivity index (χ0) is 25.2. The van der Waals surface area contributed by atoms with Crippen LogP contribution >= 0.6 is 11.6 Å². The normalized spacial score (nSPS) is 18.4. The second kappa shape index (κ2) is 10.5. The number of para-hydroxylation sites is 1. The summed E-state index contributed by atoms with van der Waals surface area (Å²) in [5.41, 5.74) is 1.52. The van der Waals surface area contributed by atoms with Crippen LogP contribution in [0.3, 0.4) is 0 Å². The molecule has 190 valence electrons. The molecule has 2 heterocycles. The molecule has 2 aromatic rings. The van der Waals surface area contributed by atoms with Crippen molar-refractivity contribution in [1.29, 1.82) is 0 Å². The fourth-order valence-electron chi connectivity index (χ4n) is 5.12. The summed E-state index contributed by atoms with van der Waals surface area (Å²) in [6.45, 7) is 9.12. The highest BCUT2D eigenvalue weighted by Gasteiger charge is 2.42. The van der Waals surface area contributed by atoms with Crippen LogP contribution in [0.5, 0.6) is 5.75 Å². The number of hydrogen-bond acceptors (Lipinski definition) is 5. The van der Waals surface area contributed by atoms with Crippen molar-refractivity contribution < 1.29 is 17.9 Å². The lowest BCUT2D eigenvalue weighted by molar-refractivity contribution is 0.0709. The largest absolute Gasteiger partial charge is 0.493 e. The molecule has 0 radical (unpaired) electrons. The number of nitrogens with zero attached hydrogens (tertiary/aromatic N) is 2. The van der Waals surface area contributed by atoms with E-state index in [2.05, 4.69) is 30.9 Å². The van der Waals surface area contributed by atoms with Gasteiger partial charge in [0.1, 0.15) is 5.75 Å². The van der Waals surface area contributed by atoms with E-state index in [9.17, 15) is 13.2 Å². The van der Waals surface area contributed by atoms with Gasteiger partial charge in [0, 0.05) is 36.5 Å². The molecule has 2 aromatic carbocycles. The molecule has 0 saturated carbocycles. The lowest BCUT2D eigenvalue weighted by Gasteiger charge is -2.39. The molecule has 1 amide bonds. The third kappa shape index (κ3) is 6.19. The van der Waals surface area contributed by atoms with E-state index < -0.39 is 9.84 Å². The van der Waals surface area contributed by atoms with E-state index in [-0.39, 0.29) is 21.8 Å². The number of sulfone groups is 1. The molecule has 0 aliphatic carbocycles. The van der Waals surface area contributed by atoms with Gasteiger partial charge in [-0.2, -0.15) is 0 Å². The van der Waals surface area contributed by atoms with E-state index in [1.807, 2.05) is 17.0 Å². The lowest BCUT2D eigenvalue weighted by atomic mass is 9.77. The van der Waals surface area contributed by atoms with E-state index in [4.69, 9.17) is 16.3 Å². The van der Waals surface area contributed by atoms with Gasteiger partial charge in [0.15, 0.2) is 9.84 Å². The Morgan fingerprint density at radius 3 is 2.46 bits per heavy atom. The fourth-order valence-corrected chi connectivity index (χ4v) is 6.26. The Morgan fingerprint density at radius 2 is 1.77 bits per heavy atom. The second-order valence-corrected chi connectivity index (χ2v) is 12.9. The highest BCUT2D eigenvalue weighted by atomic mass is 35.5. The number of benzene rings is 2. The Bertz CT molecular complexity index is 1170. The number of hydrogen-bond donors (Lipinski definition) is 0. The summed E-state index contributed by atoms with van der Waals surface area (Å²) < 4.78 is 30.6. The van der Waals surface area contributed by atoms with Crippen LogP contribution in [0.25, 0.3) is 0 Å². The third-order valence-electron chi connectivity index (χ3n) is 7.15. The van der Waals surface area contributed by atoms with Gasteiger partial charge < -0.3 is 9.64 Å². The van der Waals surface area contributed by atoms with Gasteiger partial charge in [0.2, 0.25) is 0 Å². The Kier molecular flexibility index (Phi) is 7.79. The topological polar surface area (TPSA) is 66.9 Å². The highest BCUT2D eigenvalue weighted by molar-refractivity contribution is 7.90. The number of ether oxygens (including phenoxy) is 1. The van der Waals surface area contributed by atoms with Gasteiger partial charge in [-0.3, -0.25) is 9.69 Å². The Morgan fingerprint density at radius 1 is 1.09 bits per heavy atom. The zero-order valence-electron chi connectivity index (χ0n) is 20.8. The molecular formula is C27H35ClN2O4S. The average molecular weight is 519 g/mol. The SMILES string of the molecule is CC(C)COc1ccccc1CN1CCC2(CC1)CCN(C(=O)c1ccc(Cl)cc1S(C)(=O)=O)C2. The van der Waals surface area contributed by atoms with Gasteiger partial charge in [-0.05, 0) is 68.0 Å². The van der Waals surface area contributed by atoms with Gasteiger partial charge in [-0.15, -0.1) is 0 Å². The highest BCUT2D eigenvalue weighted by Crippen LogP contribution is 2.41. The van der Waals surface area contributed by atoms with Crippen molar-refractivity contribution in [3.8, 4) is 5.75 Å². The van der Waals surface area contributed by atoms with E-state index in [0.29, 0.717) is 30.6 Å². The molecule has 0 unspecified atom stereocenters. The van der Waals surface area contributed by atoms with Crippen LogP contribution in [0.2, 0.25) is 5.02 Å². The lowest BCUT2D eigenvalue weighted by Crippen LogP contribution is -2.42. The smallest absolute Gasteiger partial charge is 0.255 e. The van der Waals surface area contributed by atoms with Crippen molar-refractivity contribution >= 4 is 27.3 Å². The van der Waals surface area contributed by atoms with Gasteiger partial charge in [0.25, 0.3) is 5.91 Å². The van der Waals surface area contributed by atoms with Crippen LogP contribution in [-0.2, 0) is 16.4 Å². The molecule has 2 aliphatic heterocycles. The van der Waals surface area contributed by atoms with Crippen LogP contribution in [0.1, 0.15) is 49.0 Å². The molecular weight excluding hydrogens is 484 g/mol. The molecule has 0 bridgehead atoms. The first-order chi connectivity index (χ1) is 16.6. The summed E-state index contributed by atoms with van der Waals surface area (Å²) in [5.74, 6) is 1.22. The van der Waals surface area contributed by atoms with Crippen molar-refractivity contribution in [3.05, 3.63) is 58.6 Å². The van der Waals surface area contributed by atoms with E-state index in [1.165, 1.54) is 17.7 Å². The minimum atomic E-state index is -3.56. The molecule has 0 aromatic heterocycles. The van der Waals surface area contributed by atoms with Crippen molar-refractivity contribution in [1.82, 2.24) is 9.80 Å². The summed E-state index contributed by atoms with van der Waals surface area (Å²) >= 11 is 6.01. The second-order valence-electron chi connectivity index (χ2n) is 10.5. The van der Waals surface area contributed by atoms with Crippen LogP contribution in [-0.4, -0.2) is 63.2 Å². The Balaban J connectivity index is 1.38. The van der Waals surface area contributed by atoms with Gasteiger partial charge in [0.05, 0.1) is 17.1 Å². The maximum atomic E-state index is 13.3. The molecule has 2 aliphatic rings. The third-order valence-corrected chi connectivity index (χ3v) is 8.53. The first-order valence-corrected chi connectivity index (χ1v) is 14.6. The van der Waals surface area contributed by atoms with Crippen molar-refractivity contribution in [3.63, 3.8) is 0 Å². The molecule has 8 heteroatoms. The summed E-state index contributed by atoms with van der Waals surface area (Å²) in [7, 11) is -3.56. The summed E-state index contributed by atoms with van der Waals surface area (Å²) in [4.78, 5) is 17.6. The first kappa shape index (κ1) is 26.0. The molecule has 2 saturated heterocycles. The molecule has 0 N–H and O–H groups in total. The number of halogens is 1. The molecule has 4 rings (SSSR count). The summed E-state index contributed by atoms with van der Waals surface area (Å²) in [5, 5.41) is 0.309. The average Bonchev–Trinajstić information content (AvgIpc) is 3.22. The number of carbonyl (C=O) groups is 1. The Labute approximate surface area is 214 Å². The van der Waals surface area contributed by atoms with Crippen molar-refractivity contribution in [2.45, 2.75) is 44.6 Å². The van der Waals surface area contributed by atoms with Crippen LogP contribution in [0, 0.1) is 11.3 Å². The molecule has 6 nitrogen and oxygen atoms in total. The summed E-state index contributed by atoms with van der Waals surface area (Å²) in [6, 6.07) is 12.8. The molecule has 35 heavy (non-hydrogen) atoms. The summed E-state index contributed by atoms with van der Waals surface area (Å²) in [6.07, 6.45) is 4.10. The fraction of sp³-hybridized carbons (Fsp3) is 0.519. The number of rotatable bonds is 7. The predicted molar refractivity (Wildman–Crippen MR) is 139 cm³/mol. The zero-order valence-corrected chi connectivity index (χ0v) is 22.4. The number of piperidine rings is 1. The van der Waals surface area contributed by atoms with Crippen molar-refractivity contribution in [2.24, 2.45) is 11.3 Å². The van der Waals surface area contributed by atoms with Gasteiger partial charge >= 0.3 is 0 Å². The van der Waals surface area contributed by atoms with E-state index in [0.717, 1.165) is 50.9 Å². The minimum absolute atomic E-state index is 0.00382. The predicted octanol–water partition coefficient (Wildman–Crippen LogP) is 4.91. The van der Waals surface area contributed by atoms with E-state index in [1.54, 1.807) is 6.07 Å². The molecule has 1 spiro atoms. The maximum Gasteiger partial charge on any atom is 0.255 e. The van der Waals surface area contributed by atoms with Crippen LogP contribution < -0.4 is 4.74 Å². The van der Waals surface area contributed by atoms with Crippen molar-refractivity contribution in [2.75, 3.05) is 39.0 Å². The quantitative estimate of drug-likeness (QED) is 0.521. The monoisotopic (exact) mass is 518 g/mol. The van der Waals surface area contributed by atoms with E-state index >= 15 is 0 Å². The first-order valence-electron chi connectivity index (χ1n) is 12.3. The molecule has 0 atom stereocenters. The minimum Gasteiger partial charge on any atom is -0.493 e. The molecule has 2 fully saturated rings.